The predicted molar refractivity (Wildman–Crippen MR) is 103 cm³/mol. The van der Waals surface area contributed by atoms with Gasteiger partial charge in [-0.05, 0) is 30.7 Å². The normalized spacial score (nSPS) is 20.2. The van der Waals surface area contributed by atoms with Gasteiger partial charge in [-0.1, -0.05) is 12.1 Å². The Morgan fingerprint density at radius 3 is 2.78 bits per heavy atom. The Labute approximate surface area is 179 Å². The zero-order valence-corrected chi connectivity index (χ0v) is 16.8. The number of fused-ring (bicyclic) bond motifs is 4. The summed E-state index contributed by atoms with van der Waals surface area (Å²) >= 11 is 0. The summed E-state index contributed by atoms with van der Waals surface area (Å²) in [7, 11) is 0. The van der Waals surface area contributed by atoms with Gasteiger partial charge in [-0.15, -0.1) is 10.2 Å². The number of aryl methyl sites for hydroxylation is 1. The van der Waals surface area contributed by atoms with E-state index in [0.29, 0.717) is 11.4 Å². The van der Waals surface area contributed by atoms with Gasteiger partial charge < -0.3 is 14.2 Å². The van der Waals surface area contributed by atoms with Gasteiger partial charge in [0.25, 0.3) is 5.91 Å². The number of pyridine rings is 1. The van der Waals surface area contributed by atoms with Crippen molar-refractivity contribution in [3.63, 3.8) is 0 Å². The number of carbonyl (C=O) groups excluding carboxylic acids is 1. The highest BCUT2D eigenvalue weighted by Gasteiger charge is 2.44. The van der Waals surface area contributed by atoms with E-state index in [4.69, 9.17) is 4.74 Å². The quantitative estimate of drug-likeness (QED) is 0.563. The standard InChI is InChI=1S/C21H17F4N5O2/c1-11-3-2-4-14(17(11)22)20(31)30-13-8-29-18(27-28-19(29)16(30)10-32-9-13)15-7-12(5-6-26-15)21(23,24)25/h2-7,13,16H,8-10H2,1H3/t13-,16-/m1/s1. The zero-order valence-electron chi connectivity index (χ0n) is 16.8. The second-order valence-corrected chi connectivity index (χ2v) is 7.78. The lowest BCUT2D eigenvalue weighted by Crippen LogP contribution is -2.56. The lowest BCUT2D eigenvalue weighted by Gasteiger charge is -2.45. The maximum Gasteiger partial charge on any atom is 0.416 e. The Kier molecular flexibility index (Phi) is 4.73. The van der Waals surface area contributed by atoms with E-state index in [1.807, 2.05) is 0 Å². The van der Waals surface area contributed by atoms with Gasteiger partial charge in [0, 0.05) is 12.7 Å². The fraction of sp³-hybridized carbons (Fsp3) is 0.333. The summed E-state index contributed by atoms with van der Waals surface area (Å²) < 4.78 is 61.3. The molecule has 3 aromatic rings. The predicted octanol–water partition coefficient (Wildman–Crippen LogP) is 3.40. The molecule has 5 rings (SSSR count). The highest BCUT2D eigenvalue weighted by Crippen LogP contribution is 2.37. The number of morpholine rings is 1. The maximum absolute atomic E-state index is 14.6. The van der Waals surface area contributed by atoms with Crippen LogP contribution in [0.1, 0.15) is 33.4 Å². The second-order valence-electron chi connectivity index (χ2n) is 7.78. The third-order valence-electron chi connectivity index (χ3n) is 5.76. The molecule has 7 nitrogen and oxygen atoms in total. The molecule has 11 heteroatoms. The molecule has 1 aromatic carbocycles. The fourth-order valence-electron chi connectivity index (χ4n) is 4.20. The van der Waals surface area contributed by atoms with Gasteiger partial charge in [-0.25, -0.2) is 4.39 Å². The van der Waals surface area contributed by atoms with Crippen LogP contribution >= 0.6 is 0 Å². The highest BCUT2D eigenvalue weighted by molar-refractivity contribution is 5.95. The van der Waals surface area contributed by atoms with Gasteiger partial charge in [0.15, 0.2) is 11.6 Å². The Morgan fingerprint density at radius 1 is 1.19 bits per heavy atom. The number of hydrogen-bond donors (Lipinski definition) is 0. The van der Waals surface area contributed by atoms with Crippen LogP contribution in [0.5, 0.6) is 0 Å². The fourth-order valence-corrected chi connectivity index (χ4v) is 4.20. The smallest absolute Gasteiger partial charge is 0.377 e. The van der Waals surface area contributed by atoms with E-state index in [0.717, 1.165) is 18.3 Å². The number of amides is 1. The molecule has 2 aromatic heterocycles. The van der Waals surface area contributed by atoms with E-state index in [1.54, 1.807) is 23.6 Å². The summed E-state index contributed by atoms with van der Waals surface area (Å²) in [4.78, 5) is 18.8. The largest absolute Gasteiger partial charge is 0.416 e. The number of alkyl halides is 3. The number of benzene rings is 1. The van der Waals surface area contributed by atoms with Crippen molar-refractivity contribution in [1.82, 2.24) is 24.6 Å². The van der Waals surface area contributed by atoms with Crippen LogP contribution < -0.4 is 0 Å². The molecule has 1 amide bonds. The third kappa shape index (κ3) is 3.24. The summed E-state index contributed by atoms with van der Waals surface area (Å²) in [5, 5.41) is 8.20. The van der Waals surface area contributed by atoms with Crippen LogP contribution in [0.4, 0.5) is 17.6 Å². The summed E-state index contributed by atoms with van der Waals surface area (Å²) in [6, 6.07) is 5.31. The van der Waals surface area contributed by atoms with Crippen molar-refractivity contribution < 1.29 is 27.1 Å². The average molecular weight is 447 g/mol. The van der Waals surface area contributed by atoms with E-state index in [-0.39, 0.29) is 36.8 Å². The van der Waals surface area contributed by atoms with Crippen molar-refractivity contribution >= 4 is 5.91 Å². The van der Waals surface area contributed by atoms with Crippen molar-refractivity contribution in [2.75, 3.05) is 13.2 Å². The molecule has 0 N–H and O–H groups in total. The zero-order chi connectivity index (χ0) is 22.6. The summed E-state index contributed by atoms with van der Waals surface area (Å²) in [6.45, 7) is 2.08. The van der Waals surface area contributed by atoms with Gasteiger partial charge >= 0.3 is 6.18 Å². The summed E-state index contributed by atoms with van der Waals surface area (Å²) in [5.41, 5.74) is -0.502. The molecule has 166 valence electrons. The molecule has 4 heterocycles. The third-order valence-corrected chi connectivity index (χ3v) is 5.76. The van der Waals surface area contributed by atoms with Crippen LogP contribution in [0.25, 0.3) is 11.5 Å². The molecule has 2 atom stereocenters. The van der Waals surface area contributed by atoms with Gasteiger partial charge in [0.05, 0.1) is 30.4 Å². The number of halogens is 4. The van der Waals surface area contributed by atoms with Crippen LogP contribution in [0.2, 0.25) is 0 Å². The molecule has 32 heavy (non-hydrogen) atoms. The molecule has 2 aliphatic heterocycles. The van der Waals surface area contributed by atoms with Crippen LogP contribution in [0, 0.1) is 12.7 Å². The lowest BCUT2D eigenvalue weighted by atomic mass is 10.0. The van der Waals surface area contributed by atoms with Crippen molar-refractivity contribution in [3.8, 4) is 11.5 Å². The summed E-state index contributed by atoms with van der Waals surface area (Å²) in [5.74, 6) is -0.539. The number of hydrogen-bond acceptors (Lipinski definition) is 5. The van der Waals surface area contributed by atoms with Crippen molar-refractivity contribution in [2.24, 2.45) is 0 Å². The van der Waals surface area contributed by atoms with E-state index in [9.17, 15) is 22.4 Å². The SMILES string of the molecule is Cc1cccc(C(=O)N2[C@H]3COC[C@@H]2c2nnc(-c4cc(C(F)(F)F)ccn4)n2C3)c1F. The Balaban J connectivity index is 1.54. The Hall–Kier alpha value is -3.34. The number of ether oxygens (including phenoxy) is 1. The van der Waals surface area contributed by atoms with Gasteiger partial charge in [0.1, 0.15) is 17.6 Å². The molecule has 0 aliphatic carbocycles. The molecular formula is C21H17F4N5O2. The molecule has 1 fully saturated rings. The van der Waals surface area contributed by atoms with Gasteiger partial charge in [-0.2, -0.15) is 13.2 Å². The van der Waals surface area contributed by atoms with E-state index in [1.165, 1.54) is 11.0 Å². The van der Waals surface area contributed by atoms with Gasteiger partial charge in [-0.3, -0.25) is 9.78 Å². The minimum absolute atomic E-state index is 0.0297. The molecular weight excluding hydrogens is 430 g/mol. The van der Waals surface area contributed by atoms with E-state index >= 15 is 0 Å². The average Bonchev–Trinajstić information content (AvgIpc) is 3.18. The first kappa shape index (κ1) is 20.6. The molecule has 0 radical (unpaired) electrons. The number of rotatable bonds is 2. The van der Waals surface area contributed by atoms with Crippen molar-refractivity contribution in [1.29, 1.82) is 0 Å². The molecule has 0 saturated carbocycles. The Bertz CT molecular complexity index is 1210. The molecule has 2 aliphatic rings. The molecule has 1 saturated heterocycles. The van der Waals surface area contributed by atoms with Gasteiger partial charge in [0.2, 0.25) is 0 Å². The van der Waals surface area contributed by atoms with Crippen LogP contribution in [-0.2, 0) is 17.5 Å². The lowest BCUT2D eigenvalue weighted by molar-refractivity contribution is -0.137. The number of carbonyl (C=O) groups is 1. The van der Waals surface area contributed by atoms with Crippen molar-refractivity contribution in [3.05, 3.63) is 64.9 Å². The first-order valence-corrected chi connectivity index (χ1v) is 9.88. The van der Waals surface area contributed by atoms with Crippen LogP contribution in [0.3, 0.4) is 0 Å². The van der Waals surface area contributed by atoms with E-state index in [2.05, 4.69) is 15.2 Å². The minimum Gasteiger partial charge on any atom is -0.377 e. The minimum atomic E-state index is -4.52. The summed E-state index contributed by atoms with van der Waals surface area (Å²) in [6.07, 6.45) is -3.45. The molecule has 0 unspecified atom stereocenters. The van der Waals surface area contributed by atoms with Crippen molar-refractivity contribution in [2.45, 2.75) is 31.7 Å². The first-order valence-electron chi connectivity index (χ1n) is 9.88. The van der Waals surface area contributed by atoms with E-state index < -0.39 is 35.5 Å². The highest BCUT2D eigenvalue weighted by atomic mass is 19.4. The monoisotopic (exact) mass is 447 g/mol. The maximum atomic E-state index is 14.6. The number of aromatic nitrogens is 4. The van der Waals surface area contributed by atoms with Crippen LogP contribution in [-0.4, -0.2) is 49.8 Å². The molecule has 2 bridgehead atoms. The second kappa shape index (κ2) is 7.37. The Morgan fingerprint density at radius 2 is 2.00 bits per heavy atom. The topological polar surface area (TPSA) is 73.1 Å². The van der Waals surface area contributed by atoms with Crippen LogP contribution in [0.15, 0.2) is 36.5 Å². The first-order chi connectivity index (χ1) is 15.3. The number of nitrogens with zero attached hydrogens (tertiary/aromatic N) is 5. The molecule has 0 spiro atoms.